The van der Waals surface area contributed by atoms with Crippen molar-refractivity contribution in [1.29, 1.82) is 5.26 Å². The molecule has 0 aromatic carbocycles. The first-order chi connectivity index (χ1) is 15.7. The number of hydrogen-bond acceptors (Lipinski definition) is 7. The first-order valence-electron chi connectivity index (χ1n) is 10.5. The highest BCUT2D eigenvalue weighted by atomic mass is 16.5. The Morgan fingerprint density at radius 3 is 2.88 bits per heavy atom. The molecule has 1 N–H and O–H groups in total. The van der Waals surface area contributed by atoms with Gasteiger partial charge in [-0.3, -0.25) is 14.3 Å². The Bertz CT molecular complexity index is 1300. The zero-order valence-electron chi connectivity index (χ0n) is 17.7. The molecule has 9 nitrogen and oxygen atoms in total. The highest BCUT2D eigenvalue weighted by Crippen LogP contribution is 2.44. The minimum absolute atomic E-state index is 0.0205. The van der Waals surface area contributed by atoms with Crippen LogP contribution in [0.3, 0.4) is 0 Å². The Hall–Kier alpha value is -3.61. The van der Waals surface area contributed by atoms with Crippen molar-refractivity contribution in [3.05, 3.63) is 49.2 Å². The highest BCUT2D eigenvalue weighted by Gasteiger charge is 2.47. The van der Waals surface area contributed by atoms with Crippen LogP contribution in [0.1, 0.15) is 19.3 Å². The van der Waals surface area contributed by atoms with Gasteiger partial charge in [-0.1, -0.05) is 0 Å². The van der Waals surface area contributed by atoms with Crippen LogP contribution in [-0.2, 0) is 16.8 Å². The molecule has 0 atom stereocenters. The number of aromatic nitrogens is 6. The van der Waals surface area contributed by atoms with Crippen LogP contribution < -0.4 is 0 Å². The third-order valence-corrected chi connectivity index (χ3v) is 6.16. The first-order valence-corrected chi connectivity index (χ1v) is 10.5. The summed E-state index contributed by atoms with van der Waals surface area (Å²) in [6, 6.07) is 8.14. The SMILES string of the molecule is CO[C@H]1C[C@](CC#N)(n2cc(-c3nc(-c4cnn(CCO)c4)cc4ncccc34)cn2)C1. The number of nitrogens with zero attached hydrogens (tertiary/aromatic N) is 7. The summed E-state index contributed by atoms with van der Waals surface area (Å²) in [5, 5.41) is 28.4. The fraction of sp³-hybridized carbons (Fsp3) is 0.348. The maximum atomic E-state index is 9.38. The van der Waals surface area contributed by atoms with Gasteiger partial charge in [-0.05, 0) is 31.0 Å². The zero-order valence-corrected chi connectivity index (χ0v) is 17.7. The van der Waals surface area contributed by atoms with E-state index in [1.807, 2.05) is 35.3 Å². The lowest BCUT2D eigenvalue weighted by molar-refractivity contribution is -0.0542. The van der Waals surface area contributed by atoms with Crippen LogP contribution in [0.4, 0.5) is 0 Å². The van der Waals surface area contributed by atoms with E-state index in [9.17, 15) is 10.4 Å². The van der Waals surface area contributed by atoms with Crippen LogP contribution >= 0.6 is 0 Å². The van der Waals surface area contributed by atoms with Crippen LogP contribution in [-0.4, -0.2) is 54.5 Å². The summed E-state index contributed by atoms with van der Waals surface area (Å²) >= 11 is 0. The third-order valence-electron chi connectivity index (χ3n) is 6.16. The maximum Gasteiger partial charge on any atom is 0.0835 e. The number of methoxy groups -OCH3 is 1. The normalized spacial score (nSPS) is 20.2. The monoisotopic (exact) mass is 429 g/mol. The van der Waals surface area contributed by atoms with Crippen LogP contribution in [0.2, 0.25) is 0 Å². The summed E-state index contributed by atoms with van der Waals surface area (Å²) in [5.74, 6) is 0. The minimum Gasteiger partial charge on any atom is -0.394 e. The Morgan fingerprint density at radius 2 is 2.09 bits per heavy atom. The highest BCUT2D eigenvalue weighted by molar-refractivity contribution is 5.94. The van der Waals surface area contributed by atoms with Crippen LogP contribution in [0, 0.1) is 11.3 Å². The number of nitriles is 1. The molecular formula is C23H23N7O2. The van der Waals surface area contributed by atoms with E-state index in [1.165, 1.54) is 0 Å². The number of hydrogen-bond donors (Lipinski definition) is 1. The fourth-order valence-corrected chi connectivity index (χ4v) is 4.38. The van der Waals surface area contributed by atoms with E-state index in [4.69, 9.17) is 9.72 Å². The van der Waals surface area contributed by atoms with Crippen LogP contribution in [0.5, 0.6) is 0 Å². The molecule has 0 radical (unpaired) electrons. The molecule has 1 fully saturated rings. The number of aliphatic hydroxyl groups excluding tert-OH is 1. The quantitative estimate of drug-likeness (QED) is 0.480. The topological polar surface area (TPSA) is 115 Å². The first kappa shape index (κ1) is 20.3. The molecule has 0 unspecified atom stereocenters. The Labute approximate surface area is 184 Å². The van der Waals surface area contributed by atoms with Crippen molar-refractivity contribution in [2.75, 3.05) is 13.7 Å². The fourth-order valence-electron chi connectivity index (χ4n) is 4.38. The van der Waals surface area contributed by atoms with Crippen molar-refractivity contribution in [1.82, 2.24) is 29.5 Å². The minimum atomic E-state index is -0.342. The smallest absolute Gasteiger partial charge is 0.0835 e. The third kappa shape index (κ3) is 3.43. The Balaban J connectivity index is 1.58. The lowest BCUT2D eigenvalue weighted by Gasteiger charge is -2.45. The lowest BCUT2D eigenvalue weighted by Crippen LogP contribution is -2.50. The second-order valence-electron chi connectivity index (χ2n) is 8.14. The molecule has 4 heterocycles. The van der Waals surface area contributed by atoms with E-state index in [2.05, 4.69) is 21.3 Å². The molecule has 1 aliphatic rings. The van der Waals surface area contributed by atoms with Gasteiger partial charge in [0.25, 0.3) is 0 Å². The number of pyridine rings is 2. The van der Waals surface area contributed by atoms with Crippen molar-refractivity contribution in [3.63, 3.8) is 0 Å². The number of fused-ring (bicyclic) bond motifs is 1. The molecular weight excluding hydrogens is 406 g/mol. The van der Waals surface area contributed by atoms with E-state index in [0.29, 0.717) is 13.0 Å². The molecule has 1 aliphatic carbocycles. The summed E-state index contributed by atoms with van der Waals surface area (Å²) in [7, 11) is 1.70. The Kier molecular flexibility index (Phi) is 5.17. The van der Waals surface area contributed by atoms with Gasteiger partial charge in [0.15, 0.2) is 0 Å². The maximum absolute atomic E-state index is 9.38. The average molecular weight is 429 g/mol. The second kappa shape index (κ2) is 8.15. The molecule has 0 aliphatic heterocycles. The van der Waals surface area contributed by atoms with Crippen molar-refractivity contribution in [2.24, 2.45) is 0 Å². The number of aliphatic hydroxyl groups is 1. The van der Waals surface area contributed by atoms with Gasteiger partial charge in [-0.2, -0.15) is 15.5 Å². The van der Waals surface area contributed by atoms with E-state index in [1.54, 1.807) is 30.4 Å². The van der Waals surface area contributed by atoms with Gasteiger partial charge in [-0.25, -0.2) is 4.98 Å². The molecule has 0 saturated heterocycles. The van der Waals surface area contributed by atoms with E-state index >= 15 is 0 Å². The van der Waals surface area contributed by atoms with Crippen molar-refractivity contribution >= 4 is 10.9 Å². The van der Waals surface area contributed by atoms with Crippen molar-refractivity contribution in [2.45, 2.75) is 37.5 Å². The molecule has 4 aromatic heterocycles. The lowest BCUT2D eigenvalue weighted by atomic mass is 9.72. The standard InChI is InChI=1S/C23H23N7O2/c1-32-18-10-23(11-18,4-5-24)30-15-17(13-27-30)22-19-3-2-6-25-21(19)9-20(28-22)16-12-26-29(14-16)7-8-31/h2-3,6,9,12-15,18,31H,4,7-8,10-11H2,1H3/t18-,23-. The molecule has 5 rings (SSSR count). The van der Waals surface area contributed by atoms with Crippen molar-refractivity contribution in [3.8, 4) is 28.6 Å². The summed E-state index contributed by atoms with van der Waals surface area (Å²) in [5.41, 5.74) is 3.72. The molecule has 0 spiro atoms. The van der Waals surface area contributed by atoms with Crippen molar-refractivity contribution < 1.29 is 9.84 Å². The van der Waals surface area contributed by atoms with Gasteiger partial charge in [-0.15, -0.1) is 0 Å². The summed E-state index contributed by atoms with van der Waals surface area (Å²) in [6.07, 6.45) is 11.2. The predicted octanol–water partition coefficient (Wildman–Crippen LogP) is 2.77. The number of rotatable bonds is 7. The van der Waals surface area contributed by atoms with E-state index < -0.39 is 0 Å². The summed E-state index contributed by atoms with van der Waals surface area (Å²) in [6.45, 7) is 0.446. The molecule has 1 saturated carbocycles. The Morgan fingerprint density at radius 1 is 1.25 bits per heavy atom. The van der Waals surface area contributed by atoms with Gasteiger partial charge in [0.2, 0.25) is 0 Å². The van der Waals surface area contributed by atoms with Gasteiger partial charge in [0.05, 0.1) is 66.6 Å². The molecule has 4 aromatic rings. The van der Waals surface area contributed by atoms with Gasteiger partial charge in [0, 0.05) is 42.2 Å². The van der Waals surface area contributed by atoms with Gasteiger partial charge >= 0.3 is 0 Å². The largest absolute Gasteiger partial charge is 0.394 e. The predicted molar refractivity (Wildman–Crippen MR) is 117 cm³/mol. The van der Waals surface area contributed by atoms with E-state index in [0.717, 1.165) is 46.3 Å². The van der Waals surface area contributed by atoms with Crippen LogP contribution in [0.25, 0.3) is 33.4 Å². The zero-order chi connectivity index (χ0) is 22.1. The molecule has 0 amide bonds. The van der Waals surface area contributed by atoms with Gasteiger partial charge < -0.3 is 9.84 Å². The number of ether oxygens (including phenoxy) is 1. The average Bonchev–Trinajstić information content (AvgIpc) is 3.46. The van der Waals surface area contributed by atoms with Gasteiger partial charge in [0.1, 0.15) is 0 Å². The molecule has 0 bridgehead atoms. The second-order valence-corrected chi connectivity index (χ2v) is 8.14. The molecule has 9 heteroatoms. The molecule has 162 valence electrons. The van der Waals surface area contributed by atoms with Crippen LogP contribution in [0.15, 0.2) is 49.2 Å². The summed E-state index contributed by atoms with van der Waals surface area (Å²) in [4.78, 5) is 9.47. The van der Waals surface area contributed by atoms with E-state index in [-0.39, 0.29) is 18.2 Å². The summed E-state index contributed by atoms with van der Waals surface area (Å²) < 4.78 is 9.03. The molecule has 32 heavy (non-hydrogen) atoms.